The number of carbonyl (C=O) groups is 4. The second-order valence-electron chi connectivity index (χ2n) is 6.13. The number of hydrogen-bond donors (Lipinski definition) is 1. The summed E-state index contributed by atoms with van der Waals surface area (Å²) in [6, 6.07) is 8.72. The lowest BCUT2D eigenvalue weighted by Crippen LogP contribution is -2.38. The van der Waals surface area contributed by atoms with Crippen LogP contribution in [0.1, 0.15) is 36.6 Å². The lowest BCUT2D eigenvalue weighted by molar-refractivity contribution is -0.125. The molecule has 150 valence electrons. The summed E-state index contributed by atoms with van der Waals surface area (Å²) in [5.74, 6) is -2.69. The van der Waals surface area contributed by atoms with E-state index >= 15 is 0 Å². The van der Waals surface area contributed by atoms with Crippen molar-refractivity contribution in [1.29, 1.82) is 0 Å². The van der Waals surface area contributed by atoms with E-state index in [0.29, 0.717) is 16.1 Å². The van der Waals surface area contributed by atoms with Crippen LogP contribution >= 0.6 is 11.6 Å². The molecule has 1 amide bonds. The van der Waals surface area contributed by atoms with Crippen LogP contribution < -0.4 is 5.32 Å². The number of cyclic esters (lactones) is 1. The number of ether oxygens (including phenoxy) is 3. The van der Waals surface area contributed by atoms with Crippen LogP contribution in [0.5, 0.6) is 0 Å². The van der Waals surface area contributed by atoms with E-state index in [1.54, 1.807) is 12.1 Å². The minimum Gasteiger partial charge on any atom is -0.465 e. The maximum absolute atomic E-state index is 12.7. The van der Waals surface area contributed by atoms with Gasteiger partial charge in [-0.3, -0.25) is 4.79 Å². The van der Waals surface area contributed by atoms with E-state index in [9.17, 15) is 19.2 Å². The fourth-order valence-electron chi connectivity index (χ4n) is 2.89. The van der Waals surface area contributed by atoms with Gasteiger partial charge in [0.15, 0.2) is 6.10 Å². The number of anilines is 1. The zero-order chi connectivity index (χ0) is 21.1. The normalized spacial score (nSPS) is 15.0. The molecule has 9 heteroatoms. The fourth-order valence-corrected chi connectivity index (χ4v) is 3.06. The Hall–Kier alpha value is -3.39. The molecular weight excluding hydrogens is 402 g/mol. The van der Waals surface area contributed by atoms with Crippen LogP contribution in [-0.4, -0.2) is 44.1 Å². The van der Waals surface area contributed by atoms with Crippen molar-refractivity contribution < 1.29 is 33.4 Å². The van der Waals surface area contributed by atoms with Crippen LogP contribution in [0.2, 0.25) is 5.02 Å². The number of amides is 1. The van der Waals surface area contributed by atoms with Crippen molar-refractivity contribution in [3.8, 4) is 0 Å². The third-order valence-electron chi connectivity index (χ3n) is 4.34. The molecule has 1 N–H and O–H groups in total. The Morgan fingerprint density at radius 2 is 1.79 bits per heavy atom. The zero-order valence-corrected chi connectivity index (χ0v) is 16.2. The van der Waals surface area contributed by atoms with Crippen molar-refractivity contribution in [3.05, 3.63) is 63.7 Å². The fraction of sp³-hybridized carbons (Fsp3) is 0.200. The third-order valence-corrected chi connectivity index (χ3v) is 4.58. The van der Waals surface area contributed by atoms with Gasteiger partial charge in [0, 0.05) is 11.4 Å². The van der Waals surface area contributed by atoms with Crippen LogP contribution in [0, 0.1) is 0 Å². The molecule has 29 heavy (non-hydrogen) atoms. The summed E-state index contributed by atoms with van der Waals surface area (Å²) >= 11 is 5.89. The Kier molecular flexibility index (Phi) is 5.84. The first-order valence-corrected chi connectivity index (χ1v) is 8.82. The van der Waals surface area contributed by atoms with Gasteiger partial charge >= 0.3 is 17.9 Å². The average molecular weight is 418 g/mol. The molecule has 1 heterocycles. The van der Waals surface area contributed by atoms with Gasteiger partial charge in [-0.1, -0.05) is 17.7 Å². The average Bonchev–Trinajstić information content (AvgIpc) is 2.72. The summed E-state index contributed by atoms with van der Waals surface area (Å²) in [6.07, 6.45) is -0.989. The molecule has 1 atom stereocenters. The number of hydrogen-bond acceptors (Lipinski definition) is 7. The second kappa shape index (κ2) is 8.32. The number of rotatable bonds is 4. The molecule has 0 saturated heterocycles. The molecule has 3 rings (SSSR count). The van der Waals surface area contributed by atoms with Crippen molar-refractivity contribution in [2.24, 2.45) is 0 Å². The Balaban J connectivity index is 1.88. The molecule has 1 unspecified atom stereocenters. The highest BCUT2D eigenvalue weighted by Crippen LogP contribution is 2.26. The van der Waals surface area contributed by atoms with Crippen LogP contribution in [0.4, 0.5) is 5.69 Å². The number of benzene rings is 2. The van der Waals surface area contributed by atoms with Gasteiger partial charge < -0.3 is 19.5 Å². The first-order chi connectivity index (χ1) is 13.8. The molecule has 0 radical (unpaired) electrons. The van der Waals surface area contributed by atoms with Gasteiger partial charge in [0.2, 0.25) is 0 Å². The molecule has 1 aliphatic heterocycles. The second-order valence-corrected chi connectivity index (χ2v) is 6.57. The summed E-state index contributed by atoms with van der Waals surface area (Å²) in [6.45, 7) is 0. The number of methoxy groups -OCH3 is 2. The molecule has 0 fully saturated rings. The first-order valence-electron chi connectivity index (χ1n) is 8.45. The van der Waals surface area contributed by atoms with Gasteiger partial charge in [-0.15, -0.1) is 0 Å². The van der Waals surface area contributed by atoms with Gasteiger partial charge in [-0.2, -0.15) is 0 Å². The number of carbonyl (C=O) groups excluding carboxylic acids is 4. The molecule has 0 aromatic heterocycles. The number of halogens is 1. The number of fused-ring (bicyclic) bond motifs is 1. The van der Waals surface area contributed by atoms with E-state index in [-0.39, 0.29) is 23.2 Å². The molecule has 2 aromatic rings. The monoisotopic (exact) mass is 417 g/mol. The highest BCUT2D eigenvalue weighted by molar-refractivity contribution is 6.31. The summed E-state index contributed by atoms with van der Waals surface area (Å²) in [4.78, 5) is 48.7. The van der Waals surface area contributed by atoms with Crippen molar-refractivity contribution in [1.82, 2.24) is 0 Å². The topological polar surface area (TPSA) is 108 Å². The molecule has 0 aliphatic carbocycles. The Morgan fingerprint density at radius 3 is 2.48 bits per heavy atom. The minimum absolute atomic E-state index is 0.0303. The molecule has 0 saturated carbocycles. The molecule has 0 spiro atoms. The molecule has 1 aliphatic rings. The standard InChI is InChI=1S/C20H16ClNO7/c1-27-18(24)11-4-6-13(19(25)28-2)15(7-11)22-17(23)16-8-10-3-5-12(21)9-14(10)20(26)29-16/h3-7,9,16H,8H2,1-2H3,(H,22,23). The SMILES string of the molecule is COC(=O)c1ccc(C(=O)OC)c(NC(=O)C2Cc3ccc(Cl)cc3C(=O)O2)c1. The van der Waals surface area contributed by atoms with E-state index in [0.717, 1.165) is 0 Å². The van der Waals surface area contributed by atoms with Crippen molar-refractivity contribution in [3.63, 3.8) is 0 Å². The molecule has 2 aromatic carbocycles. The number of nitrogens with one attached hydrogen (secondary N) is 1. The maximum Gasteiger partial charge on any atom is 0.339 e. The van der Waals surface area contributed by atoms with Gasteiger partial charge in [-0.25, -0.2) is 14.4 Å². The lowest BCUT2D eigenvalue weighted by Gasteiger charge is -2.24. The van der Waals surface area contributed by atoms with Gasteiger partial charge in [0.25, 0.3) is 5.91 Å². The van der Waals surface area contributed by atoms with Crippen molar-refractivity contribution in [2.45, 2.75) is 12.5 Å². The molecule has 0 bridgehead atoms. The highest BCUT2D eigenvalue weighted by atomic mass is 35.5. The minimum atomic E-state index is -1.12. The highest BCUT2D eigenvalue weighted by Gasteiger charge is 2.32. The van der Waals surface area contributed by atoms with Crippen LogP contribution in [0.3, 0.4) is 0 Å². The van der Waals surface area contributed by atoms with E-state index in [1.807, 2.05) is 0 Å². The van der Waals surface area contributed by atoms with Crippen LogP contribution in [0.25, 0.3) is 0 Å². The predicted octanol–water partition coefficient (Wildman–Crippen LogP) is 2.63. The smallest absolute Gasteiger partial charge is 0.339 e. The van der Waals surface area contributed by atoms with E-state index in [4.69, 9.17) is 21.1 Å². The van der Waals surface area contributed by atoms with Gasteiger partial charge in [0.05, 0.1) is 36.6 Å². The zero-order valence-electron chi connectivity index (χ0n) is 15.5. The molecular formula is C20H16ClNO7. The molecule has 8 nitrogen and oxygen atoms in total. The summed E-state index contributed by atoms with van der Waals surface area (Å²) in [7, 11) is 2.40. The van der Waals surface area contributed by atoms with E-state index in [1.165, 1.54) is 38.5 Å². The van der Waals surface area contributed by atoms with E-state index < -0.39 is 29.9 Å². The van der Waals surface area contributed by atoms with Crippen molar-refractivity contribution in [2.75, 3.05) is 19.5 Å². The Morgan fingerprint density at radius 1 is 1.07 bits per heavy atom. The van der Waals surface area contributed by atoms with E-state index in [2.05, 4.69) is 10.1 Å². The maximum atomic E-state index is 12.7. The predicted molar refractivity (Wildman–Crippen MR) is 102 cm³/mol. The first kappa shape index (κ1) is 20.3. The Labute approximate surface area is 170 Å². The summed E-state index contributed by atoms with van der Waals surface area (Å²) in [5, 5.41) is 2.91. The van der Waals surface area contributed by atoms with Crippen molar-refractivity contribution >= 4 is 41.1 Å². The van der Waals surface area contributed by atoms with Crippen LogP contribution in [0.15, 0.2) is 36.4 Å². The largest absolute Gasteiger partial charge is 0.465 e. The summed E-state index contributed by atoms with van der Waals surface area (Å²) < 4.78 is 14.6. The summed E-state index contributed by atoms with van der Waals surface area (Å²) in [5.41, 5.74) is 1.09. The lowest BCUT2D eigenvalue weighted by atomic mass is 9.98. The van der Waals surface area contributed by atoms with Gasteiger partial charge in [0.1, 0.15) is 0 Å². The van der Waals surface area contributed by atoms with Crippen LogP contribution in [-0.2, 0) is 25.4 Å². The number of esters is 3. The quantitative estimate of drug-likeness (QED) is 0.601. The van der Waals surface area contributed by atoms with Gasteiger partial charge in [-0.05, 0) is 35.9 Å². The Bertz CT molecular complexity index is 1020. The third kappa shape index (κ3) is 4.22.